The second-order valence-corrected chi connectivity index (χ2v) is 7.24. The van der Waals surface area contributed by atoms with E-state index >= 15 is 0 Å². The van der Waals surface area contributed by atoms with E-state index in [0.717, 1.165) is 0 Å². The second-order valence-electron chi connectivity index (χ2n) is 5.31. The van der Waals surface area contributed by atoms with Crippen molar-refractivity contribution < 1.29 is 13.3 Å². The number of nitrogens with zero attached hydrogens (tertiary/aromatic N) is 5. The van der Waals surface area contributed by atoms with E-state index in [0.29, 0.717) is 31.1 Å². The van der Waals surface area contributed by atoms with Gasteiger partial charge in [-0.05, 0) is 13.8 Å². The molecule has 1 aromatic rings. The van der Waals surface area contributed by atoms with Gasteiger partial charge in [0.05, 0.1) is 11.2 Å². The Balaban J connectivity index is 2.33. The molecule has 1 aromatic heterocycles. The van der Waals surface area contributed by atoms with Crippen molar-refractivity contribution in [3.8, 4) is 0 Å². The van der Waals surface area contributed by atoms with Crippen molar-refractivity contribution in [1.82, 2.24) is 14.1 Å². The molecule has 1 aliphatic heterocycles. The van der Waals surface area contributed by atoms with Crippen molar-refractivity contribution in [1.29, 1.82) is 0 Å². The lowest BCUT2D eigenvalue weighted by molar-refractivity contribution is -0.384. The third-order valence-corrected chi connectivity index (χ3v) is 5.03. The van der Waals surface area contributed by atoms with Crippen LogP contribution in [0, 0.1) is 17.0 Å². The number of aryl methyl sites for hydroxylation is 2. The van der Waals surface area contributed by atoms with Crippen LogP contribution in [-0.2, 0) is 17.1 Å². The van der Waals surface area contributed by atoms with Crippen LogP contribution in [0.1, 0.15) is 12.6 Å². The van der Waals surface area contributed by atoms with E-state index in [1.165, 1.54) is 15.2 Å². The molecule has 0 unspecified atom stereocenters. The first-order valence-corrected chi connectivity index (χ1v) is 8.37. The Hall–Kier alpha value is -1.68. The Morgan fingerprint density at radius 1 is 1.38 bits per heavy atom. The molecule has 118 valence electrons. The van der Waals surface area contributed by atoms with Gasteiger partial charge in [-0.3, -0.25) is 10.1 Å². The summed E-state index contributed by atoms with van der Waals surface area (Å²) >= 11 is 0. The molecule has 0 radical (unpaired) electrons. The van der Waals surface area contributed by atoms with Gasteiger partial charge < -0.3 is 4.90 Å². The van der Waals surface area contributed by atoms with Crippen molar-refractivity contribution in [3.05, 3.63) is 15.8 Å². The molecule has 0 bridgehead atoms. The van der Waals surface area contributed by atoms with Crippen molar-refractivity contribution >= 4 is 21.5 Å². The predicted octanol–water partition coefficient (Wildman–Crippen LogP) is 0.107. The molecule has 1 saturated heterocycles. The lowest BCUT2D eigenvalue weighted by atomic mass is 10.2. The SMILES string of the molecule is Cc1nn(C)c(N2CCN(S(C)(=O)=O)[C@@H](C)C2)c1[N+](=O)[O-]. The molecule has 0 N–H and O–H groups in total. The Kier molecular flexibility index (Phi) is 3.93. The van der Waals surface area contributed by atoms with Gasteiger partial charge in [-0.2, -0.15) is 9.40 Å². The molecular weight excluding hydrogens is 298 g/mol. The summed E-state index contributed by atoms with van der Waals surface area (Å²) in [6, 6.07) is -0.247. The van der Waals surface area contributed by atoms with Gasteiger partial charge in [-0.15, -0.1) is 0 Å². The lowest BCUT2D eigenvalue weighted by Crippen LogP contribution is -2.54. The van der Waals surface area contributed by atoms with Gasteiger partial charge in [0.25, 0.3) is 0 Å². The van der Waals surface area contributed by atoms with Gasteiger partial charge in [0, 0.05) is 32.7 Å². The number of rotatable bonds is 3. The minimum atomic E-state index is -3.26. The highest BCUT2D eigenvalue weighted by atomic mass is 32.2. The minimum absolute atomic E-state index is 0.0162. The van der Waals surface area contributed by atoms with Gasteiger partial charge in [-0.1, -0.05) is 0 Å². The van der Waals surface area contributed by atoms with Crippen LogP contribution in [0.3, 0.4) is 0 Å². The van der Waals surface area contributed by atoms with Gasteiger partial charge in [-0.25, -0.2) is 13.1 Å². The van der Waals surface area contributed by atoms with E-state index in [1.54, 1.807) is 20.9 Å². The normalized spacial score (nSPS) is 20.8. The fraction of sp³-hybridized carbons (Fsp3) is 0.727. The number of hydrogen-bond donors (Lipinski definition) is 0. The zero-order chi connectivity index (χ0) is 15.9. The smallest absolute Gasteiger partial charge is 0.333 e. The first-order chi connectivity index (χ1) is 9.62. The molecular formula is C11H19N5O4S. The maximum absolute atomic E-state index is 11.7. The monoisotopic (exact) mass is 317 g/mol. The number of anilines is 1. The summed E-state index contributed by atoms with van der Waals surface area (Å²) in [5.74, 6) is 0.428. The van der Waals surface area contributed by atoms with Crippen LogP contribution in [0.5, 0.6) is 0 Å². The predicted molar refractivity (Wildman–Crippen MR) is 77.8 cm³/mol. The van der Waals surface area contributed by atoms with Crippen LogP contribution in [0.25, 0.3) is 0 Å². The molecule has 9 nitrogen and oxygen atoms in total. The second kappa shape index (κ2) is 5.26. The molecule has 0 amide bonds. The lowest BCUT2D eigenvalue weighted by Gasteiger charge is -2.38. The van der Waals surface area contributed by atoms with Crippen LogP contribution in [0.15, 0.2) is 0 Å². The molecule has 0 saturated carbocycles. The summed E-state index contributed by atoms with van der Waals surface area (Å²) in [7, 11) is -1.61. The van der Waals surface area contributed by atoms with Gasteiger partial charge in [0.2, 0.25) is 15.8 Å². The van der Waals surface area contributed by atoms with Crippen LogP contribution in [0.4, 0.5) is 11.5 Å². The number of sulfonamides is 1. The number of hydrogen-bond acceptors (Lipinski definition) is 6. The summed E-state index contributed by atoms with van der Waals surface area (Å²) in [5.41, 5.74) is 0.341. The quantitative estimate of drug-likeness (QED) is 0.579. The van der Waals surface area contributed by atoms with Gasteiger partial charge >= 0.3 is 5.69 Å². The summed E-state index contributed by atoms with van der Waals surface area (Å²) in [5, 5.41) is 15.3. The van der Waals surface area contributed by atoms with Crippen LogP contribution in [0.2, 0.25) is 0 Å². The fourth-order valence-electron chi connectivity index (χ4n) is 2.83. The standard InChI is InChI=1S/C11H19N5O4S/c1-8-7-14(5-6-15(8)21(4,19)20)11-10(16(17)18)9(2)12-13(11)3/h8H,5-7H2,1-4H3/t8-/m0/s1. The average molecular weight is 317 g/mol. The average Bonchev–Trinajstić information content (AvgIpc) is 2.62. The van der Waals surface area contributed by atoms with Crippen molar-refractivity contribution in [2.24, 2.45) is 7.05 Å². The summed E-state index contributed by atoms with van der Waals surface area (Å²) < 4.78 is 26.2. The zero-order valence-electron chi connectivity index (χ0n) is 12.5. The summed E-state index contributed by atoms with van der Waals surface area (Å²) in [6.07, 6.45) is 1.18. The first kappa shape index (κ1) is 15.7. The maximum atomic E-state index is 11.7. The molecule has 10 heteroatoms. The summed E-state index contributed by atoms with van der Waals surface area (Å²) in [6.45, 7) is 4.49. The molecule has 0 spiro atoms. The van der Waals surface area contributed by atoms with E-state index < -0.39 is 14.9 Å². The minimum Gasteiger partial charge on any atom is -0.348 e. The third kappa shape index (κ3) is 2.86. The molecule has 1 atom stereocenters. The van der Waals surface area contributed by atoms with E-state index in [4.69, 9.17) is 0 Å². The molecule has 1 fully saturated rings. The Bertz CT molecular complexity index is 668. The molecule has 2 rings (SSSR count). The maximum Gasteiger partial charge on any atom is 0.333 e. The third-order valence-electron chi connectivity index (χ3n) is 3.64. The molecule has 1 aliphatic rings. The zero-order valence-corrected chi connectivity index (χ0v) is 13.3. The van der Waals surface area contributed by atoms with Crippen molar-refractivity contribution in [3.63, 3.8) is 0 Å². The van der Waals surface area contributed by atoms with E-state index in [-0.39, 0.29) is 11.7 Å². The Labute approximate surface area is 123 Å². The Morgan fingerprint density at radius 3 is 2.48 bits per heavy atom. The summed E-state index contributed by atoms with van der Waals surface area (Å²) in [4.78, 5) is 12.6. The topological polar surface area (TPSA) is 102 Å². The fourth-order valence-corrected chi connectivity index (χ4v) is 3.96. The van der Waals surface area contributed by atoms with E-state index in [9.17, 15) is 18.5 Å². The molecule has 0 aliphatic carbocycles. The van der Waals surface area contributed by atoms with Crippen LogP contribution in [-0.4, -0.2) is 59.4 Å². The number of aromatic nitrogens is 2. The van der Waals surface area contributed by atoms with E-state index in [1.807, 2.05) is 4.90 Å². The number of piperazine rings is 1. The molecule has 0 aromatic carbocycles. The van der Waals surface area contributed by atoms with Crippen molar-refractivity contribution in [2.45, 2.75) is 19.9 Å². The van der Waals surface area contributed by atoms with Crippen LogP contribution < -0.4 is 4.90 Å². The Morgan fingerprint density at radius 2 is 2.00 bits per heavy atom. The highest BCUT2D eigenvalue weighted by molar-refractivity contribution is 7.88. The van der Waals surface area contributed by atoms with Crippen molar-refractivity contribution in [2.75, 3.05) is 30.8 Å². The van der Waals surface area contributed by atoms with Crippen LogP contribution >= 0.6 is 0 Å². The molecule has 2 heterocycles. The molecule has 21 heavy (non-hydrogen) atoms. The van der Waals surface area contributed by atoms with Gasteiger partial charge in [0.15, 0.2) is 0 Å². The first-order valence-electron chi connectivity index (χ1n) is 6.52. The largest absolute Gasteiger partial charge is 0.348 e. The van der Waals surface area contributed by atoms with E-state index in [2.05, 4.69) is 5.10 Å². The van der Waals surface area contributed by atoms with Gasteiger partial charge in [0.1, 0.15) is 5.69 Å². The number of nitro groups is 1. The highest BCUT2D eigenvalue weighted by Crippen LogP contribution is 2.32. The highest BCUT2D eigenvalue weighted by Gasteiger charge is 2.35.